The summed E-state index contributed by atoms with van der Waals surface area (Å²) in [6, 6.07) is 1.78. The number of imide groups is 2. The summed E-state index contributed by atoms with van der Waals surface area (Å²) >= 11 is 0. The topological polar surface area (TPSA) is 116 Å². The van der Waals surface area contributed by atoms with Crippen LogP contribution in [0.1, 0.15) is 59.2 Å². The Kier molecular flexibility index (Phi) is 6.50. The van der Waals surface area contributed by atoms with Crippen LogP contribution in [0, 0.1) is 11.7 Å². The second-order valence-electron chi connectivity index (χ2n) is 9.85. The molecule has 1 atom stereocenters. The molecule has 192 valence electrons. The van der Waals surface area contributed by atoms with Crippen molar-refractivity contribution in [2.24, 2.45) is 5.92 Å². The number of amides is 4. The molecule has 1 aromatic rings. The van der Waals surface area contributed by atoms with Gasteiger partial charge in [-0.3, -0.25) is 39.1 Å². The fourth-order valence-corrected chi connectivity index (χ4v) is 5.89. The zero-order chi connectivity index (χ0) is 25.6. The van der Waals surface area contributed by atoms with Gasteiger partial charge in [0.1, 0.15) is 11.9 Å². The summed E-state index contributed by atoms with van der Waals surface area (Å²) in [5.74, 6) is -3.28. The Bertz CT molecular complexity index is 1120. The number of carbonyl (C=O) groups excluding carboxylic acids is 5. The standard InChI is InChI=1S/C25H29FN4O6/c1-36-25(35)14-2-4-15(5-3-14)28-8-10-29(11-9-28)20-13-17-16(12-18(20)26)23(33)30(24(17)34)19-6-7-21(31)27-22(19)32/h12-15,19H,2-11H2,1H3,(H,27,31,32). The van der Waals surface area contributed by atoms with Crippen molar-refractivity contribution in [1.29, 1.82) is 0 Å². The molecule has 3 heterocycles. The van der Waals surface area contributed by atoms with E-state index in [1.807, 2.05) is 4.90 Å². The van der Waals surface area contributed by atoms with Crippen LogP contribution in [0.15, 0.2) is 12.1 Å². The highest BCUT2D eigenvalue weighted by atomic mass is 19.1. The first-order valence-corrected chi connectivity index (χ1v) is 12.4. The summed E-state index contributed by atoms with van der Waals surface area (Å²) < 4.78 is 20.0. The number of halogens is 1. The van der Waals surface area contributed by atoms with Crippen LogP contribution in [0.5, 0.6) is 0 Å². The van der Waals surface area contributed by atoms with Crippen LogP contribution in [0.2, 0.25) is 0 Å². The maximum Gasteiger partial charge on any atom is 0.308 e. The molecule has 0 spiro atoms. The Hall–Kier alpha value is -3.34. The predicted molar refractivity (Wildman–Crippen MR) is 125 cm³/mol. The molecule has 0 aromatic heterocycles. The minimum absolute atomic E-state index is 0.0258. The van der Waals surface area contributed by atoms with Crippen LogP contribution in [0.25, 0.3) is 0 Å². The second-order valence-corrected chi connectivity index (χ2v) is 9.85. The van der Waals surface area contributed by atoms with E-state index in [-0.39, 0.29) is 41.5 Å². The fourth-order valence-electron chi connectivity index (χ4n) is 5.89. The molecule has 3 fully saturated rings. The average molecular weight is 501 g/mol. The molecule has 4 aliphatic rings. The van der Waals surface area contributed by atoms with E-state index >= 15 is 4.39 Å². The van der Waals surface area contributed by atoms with E-state index < -0.39 is 35.5 Å². The number of piperidine rings is 1. The quantitative estimate of drug-likeness (QED) is 0.482. The van der Waals surface area contributed by atoms with Gasteiger partial charge in [0.15, 0.2) is 0 Å². The molecule has 1 unspecified atom stereocenters. The zero-order valence-electron chi connectivity index (χ0n) is 20.1. The molecule has 5 rings (SSSR count). The van der Waals surface area contributed by atoms with E-state index in [2.05, 4.69) is 10.2 Å². The third kappa shape index (κ3) is 4.25. The summed E-state index contributed by atoms with van der Waals surface area (Å²) in [7, 11) is 1.42. The van der Waals surface area contributed by atoms with Crippen molar-refractivity contribution < 1.29 is 33.1 Å². The minimum atomic E-state index is -1.08. The van der Waals surface area contributed by atoms with E-state index in [0.717, 1.165) is 49.7 Å². The Morgan fingerprint density at radius 1 is 0.944 bits per heavy atom. The van der Waals surface area contributed by atoms with E-state index in [9.17, 15) is 24.0 Å². The lowest BCUT2D eigenvalue weighted by Gasteiger charge is -2.42. The number of anilines is 1. The highest BCUT2D eigenvalue weighted by Gasteiger charge is 2.45. The van der Waals surface area contributed by atoms with Crippen molar-refractivity contribution in [1.82, 2.24) is 15.1 Å². The number of hydrogen-bond acceptors (Lipinski definition) is 8. The molecule has 4 amide bonds. The number of esters is 1. The molecular formula is C25H29FN4O6. The molecule has 1 aromatic carbocycles. The molecule has 2 saturated heterocycles. The van der Waals surface area contributed by atoms with Gasteiger partial charge in [0.25, 0.3) is 11.8 Å². The number of carbonyl (C=O) groups is 5. The Balaban J connectivity index is 1.25. The maximum atomic E-state index is 15.1. The zero-order valence-corrected chi connectivity index (χ0v) is 20.1. The molecule has 36 heavy (non-hydrogen) atoms. The first-order valence-electron chi connectivity index (χ1n) is 12.4. The number of piperazine rings is 1. The lowest BCUT2D eigenvalue weighted by Crippen LogP contribution is -2.54. The summed E-state index contributed by atoms with van der Waals surface area (Å²) in [5, 5.41) is 2.16. The van der Waals surface area contributed by atoms with Crippen molar-refractivity contribution in [2.45, 2.75) is 50.6 Å². The average Bonchev–Trinajstić information content (AvgIpc) is 3.12. The van der Waals surface area contributed by atoms with Gasteiger partial charge in [-0.1, -0.05) is 0 Å². The first-order chi connectivity index (χ1) is 17.3. The maximum absolute atomic E-state index is 15.1. The van der Waals surface area contributed by atoms with Gasteiger partial charge in [-0.05, 0) is 44.2 Å². The summed E-state index contributed by atoms with van der Waals surface area (Å²) in [5.41, 5.74) is 0.269. The molecule has 1 saturated carbocycles. The normalized spacial score (nSPS) is 27.2. The van der Waals surface area contributed by atoms with Crippen LogP contribution in [-0.2, 0) is 19.1 Å². The van der Waals surface area contributed by atoms with Crippen LogP contribution < -0.4 is 10.2 Å². The van der Waals surface area contributed by atoms with Gasteiger partial charge >= 0.3 is 5.97 Å². The number of nitrogens with zero attached hydrogens (tertiary/aromatic N) is 3. The lowest BCUT2D eigenvalue weighted by atomic mass is 9.85. The number of rotatable bonds is 4. The molecule has 3 aliphatic heterocycles. The molecule has 0 radical (unpaired) electrons. The molecule has 0 bridgehead atoms. The second kappa shape index (κ2) is 9.61. The van der Waals surface area contributed by atoms with Crippen LogP contribution >= 0.6 is 0 Å². The SMILES string of the molecule is COC(=O)C1CCC(N2CCN(c3cc4c(cc3F)C(=O)N(C3CCC(=O)NC3=O)C4=O)CC2)CC1. The number of methoxy groups -OCH3 is 1. The van der Waals surface area contributed by atoms with Crippen molar-refractivity contribution in [3.05, 3.63) is 29.1 Å². The number of hydrogen-bond donors (Lipinski definition) is 1. The number of ether oxygens (including phenoxy) is 1. The Morgan fingerprint density at radius 3 is 2.19 bits per heavy atom. The smallest absolute Gasteiger partial charge is 0.308 e. The van der Waals surface area contributed by atoms with Gasteiger partial charge in [-0.15, -0.1) is 0 Å². The van der Waals surface area contributed by atoms with Gasteiger partial charge in [0.05, 0.1) is 29.8 Å². The lowest BCUT2D eigenvalue weighted by molar-refractivity contribution is -0.147. The van der Waals surface area contributed by atoms with Crippen molar-refractivity contribution in [2.75, 3.05) is 38.2 Å². The predicted octanol–water partition coefficient (Wildman–Crippen LogP) is 1.08. The van der Waals surface area contributed by atoms with E-state index in [1.165, 1.54) is 13.2 Å². The largest absolute Gasteiger partial charge is 0.469 e. The molecular weight excluding hydrogens is 471 g/mol. The minimum Gasteiger partial charge on any atom is -0.469 e. The van der Waals surface area contributed by atoms with Gasteiger partial charge in [-0.25, -0.2) is 4.39 Å². The fraction of sp³-hybridized carbons (Fsp3) is 0.560. The van der Waals surface area contributed by atoms with Crippen LogP contribution in [0.4, 0.5) is 10.1 Å². The van der Waals surface area contributed by atoms with Crippen molar-refractivity contribution in [3.63, 3.8) is 0 Å². The van der Waals surface area contributed by atoms with Crippen molar-refractivity contribution >= 4 is 35.3 Å². The molecule has 1 aliphatic carbocycles. The van der Waals surface area contributed by atoms with Gasteiger partial charge in [0, 0.05) is 38.6 Å². The third-order valence-electron chi connectivity index (χ3n) is 7.91. The molecule has 1 N–H and O–H groups in total. The number of nitrogens with one attached hydrogen (secondary N) is 1. The van der Waals surface area contributed by atoms with Gasteiger partial charge < -0.3 is 9.64 Å². The van der Waals surface area contributed by atoms with Gasteiger partial charge in [0.2, 0.25) is 11.8 Å². The Morgan fingerprint density at radius 2 is 1.58 bits per heavy atom. The van der Waals surface area contributed by atoms with Gasteiger partial charge in [-0.2, -0.15) is 0 Å². The first kappa shape index (κ1) is 24.4. The number of fused-ring (bicyclic) bond motifs is 1. The molecule has 10 nitrogen and oxygen atoms in total. The monoisotopic (exact) mass is 500 g/mol. The summed E-state index contributed by atoms with van der Waals surface area (Å²) in [4.78, 5) is 66.6. The van der Waals surface area contributed by atoms with E-state index in [1.54, 1.807) is 0 Å². The van der Waals surface area contributed by atoms with Crippen LogP contribution in [0.3, 0.4) is 0 Å². The third-order valence-corrected chi connectivity index (χ3v) is 7.91. The van der Waals surface area contributed by atoms with E-state index in [4.69, 9.17) is 4.74 Å². The Labute approximate surface area is 207 Å². The summed E-state index contributed by atoms with van der Waals surface area (Å²) in [6.07, 6.45) is 3.51. The highest BCUT2D eigenvalue weighted by molar-refractivity contribution is 6.23. The molecule has 11 heteroatoms. The van der Waals surface area contributed by atoms with E-state index in [0.29, 0.717) is 19.1 Å². The van der Waals surface area contributed by atoms with Crippen molar-refractivity contribution in [3.8, 4) is 0 Å². The highest BCUT2D eigenvalue weighted by Crippen LogP contribution is 2.34. The van der Waals surface area contributed by atoms with Crippen LogP contribution in [-0.4, -0.2) is 84.8 Å². The number of benzene rings is 1. The summed E-state index contributed by atoms with van der Waals surface area (Å²) in [6.45, 7) is 2.57.